The molecule has 9 heteroatoms. The van der Waals surface area contributed by atoms with Gasteiger partial charge < -0.3 is 5.32 Å². The summed E-state index contributed by atoms with van der Waals surface area (Å²) in [6, 6.07) is 8.50. The van der Waals surface area contributed by atoms with Gasteiger partial charge in [0, 0.05) is 12.6 Å². The second-order valence-corrected chi connectivity index (χ2v) is 7.04. The molecular weight excluding hydrogens is 357 g/mol. The maximum atomic E-state index is 13.2. The minimum absolute atomic E-state index is 0.0851. The van der Waals surface area contributed by atoms with Crippen molar-refractivity contribution in [2.45, 2.75) is 24.9 Å². The number of rotatable bonds is 4. The van der Waals surface area contributed by atoms with Gasteiger partial charge in [-0.2, -0.15) is 13.2 Å². The quantitative estimate of drug-likeness (QED) is 0.858. The molecule has 0 heterocycles. The molecule has 0 saturated carbocycles. The van der Waals surface area contributed by atoms with Gasteiger partial charge in [0.2, 0.25) is 5.91 Å². The van der Waals surface area contributed by atoms with Crippen molar-refractivity contribution in [3.63, 3.8) is 0 Å². The highest BCUT2D eigenvalue weighted by atomic mass is 32.2. The molecule has 1 amide bonds. The molecule has 5 nitrogen and oxygen atoms in total. The van der Waals surface area contributed by atoms with E-state index >= 15 is 0 Å². The number of halogens is 3. The van der Waals surface area contributed by atoms with Gasteiger partial charge in [-0.1, -0.05) is 17.7 Å². The number of sulfonamides is 1. The van der Waals surface area contributed by atoms with Crippen LogP contribution in [0.5, 0.6) is 0 Å². The fourth-order valence-electron chi connectivity index (χ4n) is 2.07. The van der Waals surface area contributed by atoms with Gasteiger partial charge in [-0.3, -0.25) is 9.52 Å². The van der Waals surface area contributed by atoms with Crippen LogP contribution in [0.25, 0.3) is 0 Å². The number of amides is 1. The van der Waals surface area contributed by atoms with Crippen LogP contribution in [0.1, 0.15) is 18.1 Å². The van der Waals surface area contributed by atoms with Crippen molar-refractivity contribution in [1.82, 2.24) is 0 Å². The van der Waals surface area contributed by atoms with Crippen LogP contribution in [0, 0.1) is 6.92 Å². The number of hydrogen-bond donors (Lipinski definition) is 2. The largest absolute Gasteiger partial charge is 0.418 e. The number of benzene rings is 2. The van der Waals surface area contributed by atoms with Crippen molar-refractivity contribution in [2.75, 3.05) is 10.0 Å². The molecule has 0 spiro atoms. The van der Waals surface area contributed by atoms with Crippen molar-refractivity contribution >= 4 is 27.3 Å². The average molecular weight is 372 g/mol. The Kier molecular flexibility index (Phi) is 5.07. The van der Waals surface area contributed by atoms with Crippen LogP contribution >= 0.6 is 0 Å². The molecule has 0 aromatic heterocycles. The fraction of sp³-hybridized carbons (Fsp3) is 0.188. The predicted molar refractivity (Wildman–Crippen MR) is 87.7 cm³/mol. The zero-order valence-corrected chi connectivity index (χ0v) is 14.1. The van der Waals surface area contributed by atoms with Gasteiger partial charge in [0.05, 0.1) is 16.1 Å². The Morgan fingerprint density at radius 1 is 1.04 bits per heavy atom. The van der Waals surface area contributed by atoms with E-state index in [9.17, 15) is 26.4 Å². The van der Waals surface area contributed by atoms with Gasteiger partial charge in [-0.15, -0.1) is 0 Å². The Morgan fingerprint density at radius 2 is 1.64 bits per heavy atom. The van der Waals surface area contributed by atoms with Crippen LogP contribution in [0.2, 0.25) is 0 Å². The molecule has 0 aliphatic carbocycles. The summed E-state index contributed by atoms with van der Waals surface area (Å²) in [4.78, 5) is 10.8. The Balaban J connectivity index is 2.44. The first kappa shape index (κ1) is 18.8. The maximum absolute atomic E-state index is 13.2. The predicted octanol–water partition coefficient (Wildman–Crippen LogP) is 3.77. The number of nitrogens with one attached hydrogen (secondary N) is 2. The molecule has 0 fully saturated rings. The standard InChI is InChI=1S/C16H15F3N2O3S/c1-10-3-6-13(7-4-10)25(23,24)21-15-8-5-12(20-11(2)22)9-14(15)16(17,18)19/h3-9,21H,1-2H3,(H,20,22). The zero-order valence-electron chi connectivity index (χ0n) is 13.3. The second-order valence-electron chi connectivity index (χ2n) is 5.36. The first-order chi connectivity index (χ1) is 11.5. The topological polar surface area (TPSA) is 75.3 Å². The molecule has 0 atom stereocenters. The molecule has 0 aliphatic heterocycles. The first-order valence-electron chi connectivity index (χ1n) is 7.07. The van der Waals surface area contributed by atoms with Crippen molar-refractivity contribution in [2.24, 2.45) is 0 Å². The lowest BCUT2D eigenvalue weighted by Crippen LogP contribution is -2.18. The normalized spacial score (nSPS) is 11.9. The minimum Gasteiger partial charge on any atom is -0.326 e. The van der Waals surface area contributed by atoms with Gasteiger partial charge in [-0.05, 0) is 37.3 Å². The number of anilines is 2. The minimum atomic E-state index is -4.81. The van der Waals surface area contributed by atoms with Crippen LogP contribution in [0.3, 0.4) is 0 Å². The summed E-state index contributed by atoms with van der Waals surface area (Å²) >= 11 is 0. The van der Waals surface area contributed by atoms with E-state index in [-0.39, 0.29) is 10.6 Å². The third-order valence-electron chi connectivity index (χ3n) is 3.22. The lowest BCUT2D eigenvalue weighted by molar-refractivity contribution is -0.136. The van der Waals surface area contributed by atoms with E-state index in [0.717, 1.165) is 18.6 Å². The summed E-state index contributed by atoms with van der Waals surface area (Å²) < 4.78 is 66.3. The van der Waals surface area contributed by atoms with E-state index in [0.29, 0.717) is 6.07 Å². The summed E-state index contributed by atoms with van der Waals surface area (Å²) in [6.07, 6.45) is -4.81. The third kappa shape index (κ3) is 4.72. The van der Waals surface area contributed by atoms with Gasteiger partial charge in [0.1, 0.15) is 0 Å². The van der Waals surface area contributed by atoms with Gasteiger partial charge in [-0.25, -0.2) is 8.42 Å². The smallest absolute Gasteiger partial charge is 0.326 e. The SMILES string of the molecule is CC(=O)Nc1ccc(NS(=O)(=O)c2ccc(C)cc2)c(C(F)(F)F)c1. The van der Waals surface area contributed by atoms with Crippen LogP contribution < -0.4 is 10.0 Å². The van der Waals surface area contributed by atoms with E-state index in [2.05, 4.69) is 5.32 Å². The van der Waals surface area contributed by atoms with Gasteiger partial charge >= 0.3 is 6.18 Å². The average Bonchev–Trinajstić information content (AvgIpc) is 2.47. The Bertz CT molecular complexity index is 892. The third-order valence-corrected chi connectivity index (χ3v) is 4.60. The molecule has 2 N–H and O–H groups in total. The molecule has 0 unspecified atom stereocenters. The van der Waals surface area contributed by atoms with E-state index in [1.54, 1.807) is 19.1 Å². The molecule has 0 saturated heterocycles. The molecule has 0 aliphatic rings. The van der Waals surface area contributed by atoms with Crippen LogP contribution in [0.4, 0.5) is 24.5 Å². The first-order valence-corrected chi connectivity index (χ1v) is 8.56. The molecule has 0 radical (unpaired) electrons. The number of aryl methyl sites for hydroxylation is 1. The van der Waals surface area contributed by atoms with Crippen molar-refractivity contribution in [3.8, 4) is 0 Å². The van der Waals surface area contributed by atoms with Crippen LogP contribution in [-0.4, -0.2) is 14.3 Å². The van der Waals surface area contributed by atoms with Crippen molar-refractivity contribution < 1.29 is 26.4 Å². The van der Waals surface area contributed by atoms with Crippen molar-refractivity contribution in [1.29, 1.82) is 0 Å². The summed E-state index contributed by atoms with van der Waals surface area (Å²) in [6.45, 7) is 2.91. The van der Waals surface area contributed by atoms with E-state index < -0.39 is 33.4 Å². The molecule has 2 rings (SSSR count). The molecular formula is C16H15F3N2O3S. The summed E-state index contributed by atoms with van der Waals surface area (Å²) in [5, 5.41) is 2.23. The highest BCUT2D eigenvalue weighted by Gasteiger charge is 2.35. The number of carbonyl (C=O) groups is 1. The molecule has 0 bridgehead atoms. The Labute approximate surface area is 142 Å². The second kappa shape index (κ2) is 6.75. The summed E-state index contributed by atoms with van der Waals surface area (Å²) in [5.41, 5.74) is -1.09. The summed E-state index contributed by atoms with van der Waals surface area (Å²) in [7, 11) is -4.19. The fourth-order valence-corrected chi connectivity index (χ4v) is 3.15. The zero-order chi connectivity index (χ0) is 18.8. The molecule has 25 heavy (non-hydrogen) atoms. The highest BCUT2D eigenvalue weighted by molar-refractivity contribution is 7.92. The molecule has 2 aromatic rings. The Morgan fingerprint density at radius 3 is 2.16 bits per heavy atom. The molecule has 2 aromatic carbocycles. The van der Waals surface area contributed by atoms with E-state index in [1.165, 1.54) is 18.2 Å². The van der Waals surface area contributed by atoms with Crippen LogP contribution in [-0.2, 0) is 21.0 Å². The van der Waals surface area contributed by atoms with Gasteiger partial charge in [0.25, 0.3) is 10.0 Å². The highest BCUT2D eigenvalue weighted by Crippen LogP contribution is 2.37. The number of alkyl halides is 3. The Hall–Kier alpha value is -2.55. The lowest BCUT2D eigenvalue weighted by atomic mass is 10.1. The number of hydrogen-bond acceptors (Lipinski definition) is 3. The molecule has 134 valence electrons. The maximum Gasteiger partial charge on any atom is 0.418 e. The van der Waals surface area contributed by atoms with E-state index in [1.807, 2.05) is 4.72 Å². The van der Waals surface area contributed by atoms with Crippen LogP contribution in [0.15, 0.2) is 47.4 Å². The number of carbonyl (C=O) groups excluding carboxylic acids is 1. The summed E-state index contributed by atoms with van der Waals surface area (Å²) in [5.74, 6) is -0.541. The van der Waals surface area contributed by atoms with Gasteiger partial charge in [0.15, 0.2) is 0 Å². The monoisotopic (exact) mass is 372 g/mol. The lowest BCUT2D eigenvalue weighted by Gasteiger charge is -2.16. The van der Waals surface area contributed by atoms with E-state index in [4.69, 9.17) is 0 Å². The van der Waals surface area contributed by atoms with Crippen molar-refractivity contribution in [3.05, 3.63) is 53.6 Å².